The molecule has 0 saturated heterocycles. The zero-order chi connectivity index (χ0) is 29.5. The van der Waals surface area contributed by atoms with Crippen LogP contribution < -0.4 is 0 Å². The number of rotatable bonds is 5. The number of aliphatic carboxylic acids is 1. The molecular formula is C33H50O7. The van der Waals surface area contributed by atoms with Gasteiger partial charge < -0.3 is 19.7 Å². The number of hydrogen-bond donors (Lipinski definition) is 2. The van der Waals surface area contributed by atoms with Gasteiger partial charge in [-0.15, -0.1) is 0 Å². The molecular weight excluding hydrogens is 508 g/mol. The predicted octanol–water partition coefficient (Wildman–Crippen LogP) is 5.58. The molecule has 0 amide bonds. The summed E-state index contributed by atoms with van der Waals surface area (Å²) in [6.07, 6.45) is 8.73. The maximum Gasteiger partial charge on any atom is 0.331 e. The van der Waals surface area contributed by atoms with Crippen LogP contribution in [0.25, 0.3) is 0 Å². The summed E-state index contributed by atoms with van der Waals surface area (Å²) in [5.74, 6) is -0.996. The summed E-state index contributed by atoms with van der Waals surface area (Å²) < 4.78 is 10.6. The molecule has 40 heavy (non-hydrogen) atoms. The fourth-order valence-corrected chi connectivity index (χ4v) is 10.8. The lowest BCUT2D eigenvalue weighted by atomic mass is 9.33. The standard InChI is InChI=1S/C33H50O7/c1-28-12-13-29(2,27(37)38)17-21(28)20-16-22(34)26-30(3)10-9-24(35)31(4,19-40-18-25(36)39-7)23(30)8-11-33(26,6)32(20,5)15-14-28/h16,21,23-24,26,35H,8-15,17-19H2,1-7H3,(H,37,38)/t21-,23?,24-,26+,28+,29-,30-,31-,32+,33+/m0/s1. The summed E-state index contributed by atoms with van der Waals surface area (Å²) in [6, 6.07) is 0. The Hall–Kier alpha value is -1.73. The van der Waals surface area contributed by atoms with Gasteiger partial charge in [-0.3, -0.25) is 9.59 Å². The van der Waals surface area contributed by atoms with Gasteiger partial charge in [0.25, 0.3) is 0 Å². The molecule has 224 valence electrons. The third-order valence-corrected chi connectivity index (χ3v) is 13.7. The third kappa shape index (κ3) is 3.92. The minimum atomic E-state index is -0.765. The van der Waals surface area contributed by atoms with Gasteiger partial charge in [-0.2, -0.15) is 0 Å². The normalized spacial score (nSPS) is 50.0. The van der Waals surface area contributed by atoms with Crippen LogP contribution in [0.15, 0.2) is 11.6 Å². The molecule has 4 saturated carbocycles. The van der Waals surface area contributed by atoms with Gasteiger partial charge in [0.2, 0.25) is 0 Å². The molecule has 4 fully saturated rings. The van der Waals surface area contributed by atoms with Crippen LogP contribution in [0.3, 0.4) is 0 Å². The Labute approximate surface area is 239 Å². The van der Waals surface area contributed by atoms with Crippen molar-refractivity contribution in [2.75, 3.05) is 20.3 Å². The number of carboxylic acids is 1. The van der Waals surface area contributed by atoms with Crippen LogP contribution in [0.2, 0.25) is 0 Å². The van der Waals surface area contributed by atoms with E-state index in [-0.39, 0.29) is 58.4 Å². The van der Waals surface area contributed by atoms with Crippen LogP contribution in [-0.4, -0.2) is 54.4 Å². The topological polar surface area (TPSA) is 110 Å². The number of carboxylic acid groups (broad SMARTS) is 1. The van der Waals surface area contributed by atoms with E-state index in [9.17, 15) is 24.6 Å². The Morgan fingerprint density at radius 2 is 1.65 bits per heavy atom. The number of esters is 1. The predicted molar refractivity (Wildman–Crippen MR) is 150 cm³/mol. The van der Waals surface area contributed by atoms with Gasteiger partial charge in [0.1, 0.15) is 6.61 Å². The Morgan fingerprint density at radius 3 is 2.30 bits per heavy atom. The molecule has 10 atom stereocenters. The van der Waals surface area contributed by atoms with Crippen molar-refractivity contribution in [1.82, 2.24) is 0 Å². The molecule has 0 bridgehead atoms. The summed E-state index contributed by atoms with van der Waals surface area (Å²) in [5.41, 5.74) is -0.873. The molecule has 0 aromatic heterocycles. The average Bonchev–Trinajstić information content (AvgIpc) is 2.88. The minimum Gasteiger partial charge on any atom is -0.481 e. The number of carbonyl (C=O) groups excluding carboxylic acids is 2. The summed E-state index contributed by atoms with van der Waals surface area (Å²) in [7, 11) is 1.34. The molecule has 5 aliphatic rings. The van der Waals surface area contributed by atoms with Gasteiger partial charge in [0, 0.05) is 11.3 Å². The molecule has 0 spiro atoms. The second-order valence-electron chi connectivity index (χ2n) is 15.7. The van der Waals surface area contributed by atoms with E-state index in [1.54, 1.807) is 0 Å². The summed E-state index contributed by atoms with van der Waals surface area (Å²) >= 11 is 0. The summed E-state index contributed by atoms with van der Waals surface area (Å²) in [6.45, 7) is 13.3. The number of aliphatic hydroxyl groups excluding tert-OH is 1. The highest BCUT2D eigenvalue weighted by molar-refractivity contribution is 5.95. The molecule has 0 aliphatic heterocycles. The average molecular weight is 559 g/mol. The number of aliphatic hydroxyl groups is 1. The van der Waals surface area contributed by atoms with Crippen molar-refractivity contribution in [3.8, 4) is 0 Å². The zero-order valence-electron chi connectivity index (χ0n) is 25.6. The second kappa shape index (κ2) is 9.39. The molecule has 1 unspecified atom stereocenters. The molecule has 5 aliphatic carbocycles. The van der Waals surface area contributed by atoms with Crippen molar-refractivity contribution >= 4 is 17.7 Å². The smallest absolute Gasteiger partial charge is 0.331 e. The third-order valence-electron chi connectivity index (χ3n) is 13.7. The van der Waals surface area contributed by atoms with Crippen LogP contribution in [0.1, 0.15) is 99.3 Å². The first-order valence-electron chi connectivity index (χ1n) is 15.3. The van der Waals surface area contributed by atoms with Crippen molar-refractivity contribution in [1.29, 1.82) is 0 Å². The SMILES string of the molecule is COC(=O)COC[C@@]1(C)C2CC[C@]3(C)[C@H](C(=O)C=C4[C@@H]5C[C@@](C)(C(=O)O)CC[C@]5(C)CC[C@]43C)[C@@]2(C)CC[C@@H]1O. The lowest BCUT2D eigenvalue weighted by Gasteiger charge is -2.70. The Kier molecular flexibility index (Phi) is 6.98. The fourth-order valence-electron chi connectivity index (χ4n) is 10.8. The van der Waals surface area contributed by atoms with Gasteiger partial charge in [-0.1, -0.05) is 40.2 Å². The molecule has 0 aromatic carbocycles. The van der Waals surface area contributed by atoms with E-state index in [1.165, 1.54) is 12.7 Å². The van der Waals surface area contributed by atoms with Crippen molar-refractivity contribution in [3.63, 3.8) is 0 Å². The Balaban J connectivity index is 1.53. The summed E-state index contributed by atoms with van der Waals surface area (Å²) in [4.78, 5) is 38.5. The van der Waals surface area contributed by atoms with Crippen molar-refractivity contribution < 1.29 is 34.1 Å². The van der Waals surface area contributed by atoms with E-state index in [0.717, 1.165) is 38.5 Å². The molecule has 7 heteroatoms. The van der Waals surface area contributed by atoms with Crippen LogP contribution >= 0.6 is 0 Å². The molecule has 2 N–H and O–H groups in total. The van der Waals surface area contributed by atoms with E-state index in [0.29, 0.717) is 19.3 Å². The Bertz CT molecular complexity index is 1130. The number of fused-ring (bicyclic) bond motifs is 7. The van der Waals surface area contributed by atoms with Crippen LogP contribution in [0.5, 0.6) is 0 Å². The first-order valence-corrected chi connectivity index (χ1v) is 15.3. The monoisotopic (exact) mass is 558 g/mol. The molecule has 0 aromatic rings. The number of hydrogen-bond acceptors (Lipinski definition) is 6. The molecule has 0 radical (unpaired) electrons. The number of allylic oxidation sites excluding steroid dienone is 2. The van der Waals surface area contributed by atoms with Crippen LogP contribution in [-0.2, 0) is 23.9 Å². The van der Waals surface area contributed by atoms with E-state index in [1.807, 2.05) is 13.0 Å². The highest BCUT2D eigenvalue weighted by Crippen LogP contribution is 2.75. The maximum atomic E-state index is 14.5. The number of ether oxygens (including phenoxy) is 2. The van der Waals surface area contributed by atoms with E-state index >= 15 is 0 Å². The second-order valence-corrected chi connectivity index (χ2v) is 15.7. The van der Waals surface area contributed by atoms with Gasteiger partial charge >= 0.3 is 11.9 Å². The van der Waals surface area contributed by atoms with Crippen molar-refractivity contribution in [3.05, 3.63) is 11.6 Å². The van der Waals surface area contributed by atoms with Crippen molar-refractivity contribution in [2.24, 2.45) is 50.2 Å². The highest BCUT2D eigenvalue weighted by atomic mass is 16.6. The lowest BCUT2D eigenvalue weighted by Crippen LogP contribution is -2.67. The van der Waals surface area contributed by atoms with Gasteiger partial charge in [-0.25, -0.2) is 4.79 Å². The first kappa shape index (κ1) is 29.8. The Morgan fingerprint density at radius 1 is 0.975 bits per heavy atom. The van der Waals surface area contributed by atoms with Gasteiger partial charge in [0.05, 0.1) is 25.2 Å². The molecule has 7 nitrogen and oxygen atoms in total. The van der Waals surface area contributed by atoms with E-state index in [2.05, 4.69) is 34.6 Å². The molecule has 5 rings (SSSR count). The maximum absolute atomic E-state index is 14.5. The largest absolute Gasteiger partial charge is 0.481 e. The molecule has 0 heterocycles. The fraction of sp³-hybridized carbons (Fsp3) is 0.848. The highest BCUT2D eigenvalue weighted by Gasteiger charge is 2.70. The zero-order valence-corrected chi connectivity index (χ0v) is 25.6. The first-order chi connectivity index (χ1) is 18.5. The number of carbonyl (C=O) groups is 3. The van der Waals surface area contributed by atoms with Crippen molar-refractivity contribution in [2.45, 2.75) is 105 Å². The minimum absolute atomic E-state index is 0.0232. The van der Waals surface area contributed by atoms with Gasteiger partial charge in [-0.05, 0) is 104 Å². The summed E-state index contributed by atoms with van der Waals surface area (Å²) in [5, 5.41) is 21.4. The van der Waals surface area contributed by atoms with Crippen LogP contribution in [0.4, 0.5) is 0 Å². The van der Waals surface area contributed by atoms with E-state index < -0.39 is 28.9 Å². The number of methoxy groups -OCH3 is 1. The quantitative estimate of drug-likeness (QED) is 0.424. The van der Waals surface area contributed by atoms with Crippen LogP contribution in [0, 0.1) is 50.2 Å². The lowest BCUT2D eigenvalue weighted by molar-refractivity contribution is -0.216. The number of ketones is 1. The van der Waals surface area contributed by atoms with E-state index in [4.69, 9.17) is 9.47 Å². The van der Waals surface area contributed by atoms with Gasteiger partial charge in [0.15, 0.2) is 5.78 Å².